The molecule has 0 bridgehead atoms. The molecule has 0 radical (unpaired) electrons. The molecule has 1 N–H and O–H groups in total. The number of alkyl halides is 1. The lowest BCUT2D eigenvalue weighted by Gasteiger charge is -2.17. The van der Waals surface area contributed by atoms with Crippen molar-refractivity contribution in [2.24, 2.45) is 0 Å². The lowest BCUT2D eigenvalue weighted by Crippen LogP contribution is -2.19. The molecule has 0 amide bonds. The van der Waals surface area contributed by atoms with Crippen molar-refractivity contribution >= 4 is 45.8 Å². The fourth-order valence-electron chi connectivity index (χ4n) is 2.93. The molecular weight excluding hydrogens is 524 g/mol. The molecule has 1 aromatic heterocycles. The first-order valence-corrected chi connectivity index (χ1v) is 10.9. The Kier molecular flexibility index (Phi) is 7.19. The van der Waals surface area contributed by atoms with Gasteiger partial charge in [0, 0.05) is 10.1 Å². The normalized spacial score (nSPS) is 10.7. The van der Waals surface area contributed by atoms with Crippen molar-refractivity contribution in [2.75, 3.05) is 19.5 Å². The molecule has 0 unspecified atom stereocenters. The summed E-state index contributed by atoms with van der Waals surface area (Å²) in [5.74, 6) is 0.731. The number of aryl methyl sites for hydroxylation is 1. The predicted octanol–water partition coefficient (Wildman–Crippen LogP) is 5.09. The Balaban J connectivity index is 2.03. The van der Waals surface area contributed by atoms with E-state index < -0.39 is 5.56 Å². The number of nitrogens with one attached hydrogen (secondary N) is 1. The van der Waals surface area contributed by atoms with Crippen LogP contribution in [0, 0.1) is 12.7 Å². The number of rotatable bonds is 7. The van der Waals surface area contributed by atoms with Gasteiger partial charge in [0.1, 0.15) is 11.6 Å². The van der Waals surface area contributed by atoms with E-state index in [0.29, 0.717) is 38.9 Å². The van der Waals surface area contributed by atoms with Crippen molar-refractivity contribution in [3.05, 3.63) is 74.4 Å². The minimum Gasteiger partial charge on any atom is -0.495 e. The number of hydrogen-bond donors (Lipinski definition) is 1. The first kappa shape index (κ1) is 22.4. The highest BCUT2D eigenvalue weighted by Crippen LogP contribution is 2.32. The SMILES string of the molecule is COc1cc(C)c(Nc2nc(=O)c(OC)cn2Cc2ccc(F)c(CI)c2)cc1Cl. The van der Waals surface area contributed by atoms with Gasteiger partial charge in [-0.2, -0.15) is 4.98 Å². The summed E-state index contributed by atoms with van der Waals surface area (Å²) in [5.41, 5.74) is 2.52. The lowest BCUT2D eigenvalue weighted by atomic mass is 10.1. The molecule has 0 spiro atoms. The van der Waals surface area contributed by atoms with Crippen LogP contribution in [0.4, 0.5) is 16.0 Å². The Morgan fingerprint density at radius 2 is 1.93 bits per heavy atom. The first-order valence-electron chi connectivity index (χ1n) is 8.96. The summed E-state index contributed by atoms with van der Waals surface area (Å²) in [6, 6.07) is 8.45. The zero-order valence-corrected chi connectivity index (χ0v) is 19.5. The highest BCUT2D eigenvalue weighted by molar-refractivity contribution is 14.1. The van der Waals surface area contributed by atoms with E-state index in [-0.39, 0.29) is 11.6 Å². The number of benzene rings is 2. The second kappa shape index (κ2) is 9.65. The Bertz CT molecular complexity index is 1140. The van der Waals surface area contributed by atoms with Crippen LogP contribution in [-0.2, 0) is 11.0 Å². The largest absolute Gasteiger partial charge is 0.495 e. The molecule has 158 valence electrons. The molecule has 9 heteroatoms. The molecule has 0 saturated heterocycles. The monoisotopic (exact) mass is 543 g/mol. The summed E-state index contributed by atoms with van der Waals surface area (Å²) in [7, 11) is 2.96. The third kappa shape index (κ3) is 4.86. The highest BCUT2D eigenvalue weighted by atomic mass is 127. The summed E-state index contributed by atoms with van der Waals surface area (Å²) in [6.45, 7) is 2.25. The fraction of sp³-hybridized carbons (Fsp3) is 0.238. The van der Waals surface area contributed by atoms with Crippen LogP contribution in [0.15, 0.2) is 41.3 Å². The van der Waals surface area contributed by atoms with E-state index in [1.165, 1.54) is 13.2 Å². The van der Waals surface area contributed by atoms with Gasteiger partial charge in [0.15, 0.2) is 0 Å². The predicted molar refractivity (Wildman–Crippen MR) is 124 cm³/mol. The van der Waals surface area contributed by atoms with Crippen LogP contribution in [0.1, 0.15) is 16.7 Å². The van der Waals surface area contributed by atoms with Crippen LogP contribution in [0.3, 0.4) is 0 Å². The van der Waals surface area contributed by atoms with Crippen molar-refractivity contribution in [3.63, 3.8) is 0 Å². The number of hydrogen-bond acceptors (Lipinski definition) is 5. The number of nitrogens with zero attached hydrogens (tertiary/aromatic N) is 2. The minimum atomic E-state index is -0.499. The van der Waals surface area contributed by atoms with Crippen LogP contribution in [0.25, 0.3) is 0 Å². The quantitative estimate of drug-likeness (QED) is 0.332. The number of methoxy groups -OCH3 is 2. The molecule has 2 aromatic carbocycles. The first-order chi connectivity index (χ1) is 14.4. The molecule has 0 aliphatic heterocycles. The second-order valence-corrected chi connectivity index (χ2v) is 7.72. The van der Waals surface area contributed by atoms with Gasteiger partial charge in [-0.05, 0) is 41.8 Å². The second-order valence-electron chi connectivity index (χ2n) is 6.55. The summed E-state index contributed by atoms with van der Waals surface area (Å²) in [5, 5.41) is 3.59. The molecule has 0 fully saturated rings. The van der Waals surface area contributed by atoms with E-state index in [1.807, 2.05) is 6.92 Å². The Morgan fingerprint density at radius 1 is 1.20 bits per heavy atom. The molecule has 3 rings (SSSR count). The van der Waals surface area contributed by atoms with E-state index >= 15 is 0 Å². The maximum atomic E-state index is 13.9. The van der Waals surface area contributed by atoms with Crippen molar-refractivity contribution < 1.29 is 13.9 Å². The topological polar surface area (TPSA) is 65.4 Å². The standard InChI is InChI=1S/C21H20ClFIN3O3/c1-12-6-18(29-2)15(22)8-17(12)25-21-26-20(28)19(30-3)11-27(21)10-13-4-5-16(23)14(7-13)9-24/h4-8,11H,9-10H2,1-3H3,(H,25,26,28). The Hall–Kier alpha value is -2.33. The van der Waals surface area contributed by atoms with Gasteiger partial charge in [0.05, 0.1) is 32.0 Å². The van der Waals surface area contributed by atoms with Crippen molar-refractivity contribution in [1.82, 2.24) is 9.55 Å². The zero-order valence-electron chi connectivity index (χ0n) is 16.6. The molecule has 30 heavy (non-hydrogen) atoms. The van der Waals surface area contributed by atoms with E-state index in [0.717, 1.165) is 11.1 Å². The number of halogens is 3. The van der Waals surface area contributed by atoms with Gasteiger partial charge in [0.2, 0.25) is 11.7 Å². The van der Waals surface area contributed by atoms with E-state index in [4.69, 9.17) is 21.1 Å². The zero-order chi connectivity index (χ0) is 21.8. The number of aromatic nitrogens is 2. The van der Waals surface area contributed by atoms with Gasteiger partial charge < -0.3 is 19.4 Å². The van der Waals surface area contributed by atoms with Gasteiger partial charge in [-0.25, -0.2) is 4.39 Å². The number of ether oxygens (including phenoxy) is 2. The lowest BCUT2D eigenvalue weighted by molar-refractivity contribution is 0.402. The van der Waals surface area contributed by atoms with Crippen LogP contribution in [0.5, 0.6) is 11.5 Å². The summed E-state index contributed by atoms with van der Waals surface area (Å²) < 4.78 is 26.5. The highest BCUT2D eigenvalue weighted by Gasteiger charge is 2.13. The van der Waals surface area contributed by atoms with Crippen LogP contribution < -0.4 is 20.3 Å². The maximum absolute atomic E-state index is 13.9. The third-order valence-corrected chi connectivity index (χ3v) is 5.65. The van der Waals surface area contributed by atoms with Crippen molar-refractivity contribution in [1.29, 1.82) is 0 Å². The Morgan fingerprint density at radius 3 is 2.60 bits per heavy atom. The van der Waals surface area contributed by atoms with E-state index in [9.17, 15) is 9.18 Å². The minimum absolute atomic E-state index is 0.112. The smallest absolute Gasteiger partial charge is 0.316 e. The van der Waals surface area contributed by atoms with Gasteiger partial charge in [-0.1, -0.05) is 46.3 Å². The molecule has 0 aliphatic rings. The van der Waals surface area contributed by atoms with Crippen molar-refractivity contribution in [3.8, 4) is 11.5 Å². The third-order valence-electron chi connectivity index (χ3n) is 4.54. The van der Waals surface area contributed by atoms with E-state index in [2.05, 4.69) is 32.9 Å². The molecular formula is C21H20ClFIN3O3. The maximum Gasteiger partial charge on any atom is 0.316 e. The van der Waals surface area contributed by atoms with E-state index in [1.54, 1.807) is 42.1 Å². The van der Waals surface area contributed by atoms with Gasteiger partial charge in [-0.3, -0.25) is 4.79 Å². The summed E-state index contributed by atoms with van der Waals surface area (Å²) in [4.78, 5) is 16.4. The average Bonchev–Trinajstić information content (AvgIpc) is 2.73. The van der Waals surface area contributed by atoms with Crippen LogP contribution >= 0.6 is 34.2 Å². The van der Waals surface area contributed by atoms with Crippen LogP contribution in [0.2, 0.25) is 5.02 Å². The molecule has 3 aromatic rings. The molecule has 1 heterocycles. The average molecular weight is 544 g/mol. The molecule has 0 saturated carbocycles. The fourth-order valence-corrected chi connectivity index (χ4v) is 3.75. The molecule has 6 nitrogen and oxygen atoms in total. The number of anilines is 2. The van der Waals surface area contributed by atoms with Gasteiger partial charge in [-0.15, -0.1) is 0 Å². The van der Waals surface area contributed by atoms with Crippen LogP contribution in [-0.4, -0.2) is 23.8 Å². The van der Waals surface area contributed by atoms with Gasteiger partial charge in [0.25, 0.3) is 0 Å². The molecule has 0 atom stereocenters. The summed E-state index contributed by atoms with van der Waals surface area (Å²) in [6.07, 6.45) is 1.57. The summed E-state index contributed by atoms with van der Waals surface area (Å²) >= 11 is 8.38. The Labute approximate surface area is 192 Å². The molecule has 0 aliphatic carbocycles. The van der Waals surface area contributed by atoms with Crippen molar-refractivity contribution in [2.45, 2.75) is 17.9 Å². The van der Waals surface area contributed by atoms with Gasteiger partial charge >= 0.3 is 5.56 Å².